The van der Waals surface area contributed by atoms with Crippen LogP contribution in [0.3, 0.4) is 0 Å². The Kier molecular flexibility index (Phi) is 4.62. The third-order valence-corrected chi connectivity index (χ3v) is 3.70. The molecule has 0 aliphatic carbocycles. The Hall–Kier alpha value is -2.31. The first-order valence-corrected chi connectivity index (χ1v) is 6.91. The van der Waals surface area contributed by atoms with Gasteiger partial charge in [-0.05, 0) is 25.3 Å². The quantitative estimate of drug-likeness (QED) is 0.790. The van der Waals surface area contributed by atoms with E-state index in [4.69, 9.17) is 10.5 Å². The number of hydrogen-bond acceptors (Lipinski definition) is 6. The number of piperidine rings is 1. The molecule has 1 fully saturated rings. The molecule has 0 spiro atoms. The van der Waals surface area contributed by atoms with Crippen LogP contribution < -0.4 is 16.0 Å². The minimum atomic E-state index is -0.510. The summed E-state index contributed by atoms with van der Waals surface area (Å²) in [4.78, 5) is 29.9. The molecule has 2 rings (SSSR count). The number of rotatable bonds is 3. The number of aromatic nitrogens is 1. The average Bonchev–Trinajstić information content (AvgIpc) is 2.53. The van der Waals surface area contributed by atoms with Gasteiger partial charge in [0.2, 0.25) is 5.91 Å². The Morgan fingerprint density at radius 1 is 1.48 bits per heavy atom. The standard InChI is InChI=1S/C14H20N4O3/c1-16-13(19)10-5-3-4-8-18(10)12-11(15)9(6-7-17-12)14(20)21-2/h6-7,10H,3-5,8,15H2,1-2H3,(H,16,19). The zero-order chi connectivity index (χ0) is 15.4. The van der Waals surface area contributed by atoms with Crippen LogP contribution >= 0.6 is 0 Å². The summed E-state index contributed by atoms with van der Waals surface area (Å²) in [6.45, 7) is 0.680. The average molecular weight is 292 g/mol. The van der Waals surface area contributed by atoms with E-state index in [1.54, 1.807) is 7.05 Å². The molecule has 1 amide bonds. The molecule has 3 N–H and O–H groups in total. The van der Waals surface area contributed by atoms with Gasteiger partial charge in [0.1, 0.15) is 6.04 Å². The molecule has 7 nitrogen and oxygen atoms in total. The zero-order valence-corrected chi connectivity index (χ0v) is 12.3. The Bertz CT molecular complexity index is 547. The monoisotopic (exact) mass is 292 g/mol. The fourth-order valence-electron chi connectivity index (χ4n) is 2.60. The minimum absolute atomic E-state index is 0.0700. The maximum atomic E-state index is 12.0. The molecule has 0 bridgehead atoms. The van der Waals surface area contributed by atoms with Gasteiger partial charge in [0, 0.05) is 19.8 Å². The van der Waals surface area contributed by atoms with E-state index in [1.807, 2.05) is 4.90 Å². The van der Waals surface area contributed by atoms with Crippen molar-refractivity contribution in [2.75, 3.05) is 31.3 Å². The fourth-order valence-corrected chi connectivity index (χ4v) is 2.60. The molecule has 1 unspecified atom stereocenters. The van der Waals surface area contributed by atoms with Gasteiger partial charge in [0.15, 0.2) is 5.82 Å². The largest absolute Gasteiger partial charge is 0.465 e. The van der Waals surface area contributed by atoms with E-state index in [0.29, 0.717) is 12.4 Å². The van der Waals surface area contributed by atoms with E-state index < -0.39 is 5.97 Å². The Morgan fingerprint density at radius 2 is 2.24 bits per heavy atom. The van der Waals surface area contributed by atoms with Gasteiger partial charge in [-0.3, -0.25) is 4.79 Å². The van der Waals surface area contributed by atoms with Crippen molar-refractivity contribution in [2.24, 2.45) is 0 Å². The number of ether oxygens (including phenoxy) is 1. The topological polar surface area (TPSA) is 97.5 Å². The van der Waals surface area contributed by atoms with Crippen LogP contribution in [0.15, 0.2) is 12.3 Å². The first-order valence-electron chi connectivity index (χ1n) is 6.91. The Morgan fingerprint density at radius 3 is 2.90 bits per heavy atom. The van der Waals surface area contributed by atoms with Gasteiger partial charge in [0.05, 0.1) is 18.4 Å². The van der Waals surface area contributed by atoms with E-state index in [1.165, 1.54) is 19.4 Å². The summed E-state index contributed by atoms with van der Waals surface area (Å²) in [5.74, 6) is -0.116. The molecule has 2 heterocycles. The van der Waals surface area contributed by atoms with Gasteiger partial charge >= 0.3 is 5.97 Å². The van der Waals surface area contributed by atoms with Gasteiger partial charge in [-0.1, -0.05) is 0 Å². The highest BCUT2D eigenvalue weighted by Crippen LogP contribution is 2.30. The van der Waals surface area contributed by atoms with Crippen LogP contribution in [0, 0.1) is 0 Å². The van der Waals surface area contributed by atoms with Crippen molar-refractivity contribution in [2.45, 2.75) is 25.3 Å². The van der Waals surface area contributed by atoms with Crippen molar-refractivity contribution < 1.29 is 14.3 Å². The van der Waals surface area contributed by atoms with Gasteiger partial charge in [0.25, 0.3) is 0 Å². The molecule has 21 heavy (non-hydrogen) atoms. The Labute approximate surface area is 123 Å². The van der Waals surface area contributed by atoms with E-state index in [2.05, 4.69) is 10.3 Å². The number of carbonyl (C=O) groups is 2. The molecule has 0 saturated carbocycles. The molecule has 1 aliphatic heterocycles. The predicted molar refractivity (Wildman–Crippen MR) is 79.0 cm³/mol. The summed E-state index contributed by atoms with van der Waals surface area (Å²) in [5, 5.41) is 2.66. The normalized spacial score (nSPS) is 18.2. The number of nitrogens with two attached hydrogens (primary N) is 1. The van der Waals surface area contributed by atoms with E-state index in [-0.39, 0.29) is 23.2 Å². The SMILES string of the molecule is CNC(=O)C1CCCCN1c1nccc(C(=O)OC)c1N. The maximum Gasteiger partial charge on any atom is 0.340 e. The molecule has 1 saturated heterocycles. The number of likely N-dealkylation sites (N-methyl/N-ethyl adjacent to an activating group) is 1. The van der Waals surface area contributed by atoms with Crippen molar-refractivity contribution in [1.82, 2.24) is 10.3 Å². The van der Waals surface area contributed by atoms with Crippen molar-refractivity contribution in [3.8, 4) is 0 Å². The first kappa shape index (κ1) is 15.1. The number of amides is 1. The third kappa shape index (κ3) is 2.91. The molecular formula is C14H20N4O3. The summed E-state index contributed by atoms with van der Waals surface area (Å²) in [7, 11) is 2.91. The highest BCUT2D eigenvalue weighted by molar-refractivity contribution is 5.98. The number of anilines is 2. The summed E-state index contributed by atoms with van der Waals surface area (Å²) in [5.41, 5.74) is 6.58. The van der Waals surface area contributed by atoms with Crippen LogP contribution in [-0.4, -0.2) is 43.6 Å². The second-order valence-electron chi connectivity index (χ2n) is 4.91. The van der Waals surface area contributed by atoms with Gasteiger partial charge < -0.3 is 20.7 Å². The number of carbonyl (C=O) groups excluding carboxylic acids is 2. The smallest absolute Gasteiger partial charge is 0.340 e. The molecule has 1 aliphatic rings. The number of methoxy groups -OCH3 is 1. The van der Waals surface area contributed by atoms with Crippen molar-refractivity contribution >= 4 is 23.4 Å². The Balaban J connectivity index is 2.39. The molecule has 0 radical (unpaired) electrons. The van der Waals surface area contributed by atoms with E-state index in [0.717, 1.165) is 19.3 Å². The highest BCUT2D eigenvalue weighted by Gasteiger charge is 2.31. The van der Waals surface area contributed by atoms with Crippen LogP contribution in [0.2, 0.25) is 0 Å². The second-order valence-corrected chi connectivity index (χ2v) is 4.91. The summed E-state index contributed by atoms with van der Waals surface area (Å²) >= 11 is 0. The van der Waals surface area contributed by atoms with Crippen LogP contribution in [0.25, 0.3) is 0 Å². The summed E-state index contributed by atoms with van der Waals surface area (Å²) < 4.78 is 4.71. The second kappa shape index (κ2) is 6.43. The maximum absolute atomic E-state index is 12.0. The van der Waals surface area contributed by atoms with E-state index in [9.17, 15) is 9.59 Å². The fraction of sp³-hybridized carbons (Fsp3) is 0.500. The van der Waals surface area contributed by atoms with Crippen LogP contribution in [0.1, 0.15) is 29.6 Å². The van der Waals surface area contributed by atoms with Crippen LogP contribution in [0.4, 0.5) is 11.5 Å². The van der Waals surface area contributed by atoms with Crippen molar-refractivity contribution in [3.63, 3.8) is 0 Å². The lowest BCUT2D eigenvalue weighted by Gasteiger charge is -2.36. The number of hydrogen-bond donors (Lipinski definition) is 2. The molecule has 0 aromatic carbocycles. The molecule has 1 aromatic heterocycles. The van der Waals surface area contributed by atoms with Gasteiger partial charge in [-0.2, -0.15) is 0 Å². The van der Waals surface area contributed by atoms with Crippen molar-refractivity contribution in [3.05, 3.63) is 17.8 Å². The zero-order valence-electron chi connectivity index (χ0n) is 12.3. The number of esters is 1. The molecule has 1 atom stereocenters. The minimum Gasteiger partial charge on any atom is -0.465 e. The first-order chi connectivity index (χ1) is 10.1. The highest BCUT2D eigenvalue weighted by atomic mass is 16.5. The molecule has 7 heteroatoms. The van der Waals surface area contributed by atoms with Crippen molar-refractivity contribution in [1.29, 1.82) is 0 Å². The number of nitrogen functional groups attached to an aromatic ring is 1. The summed E-state index contributed by atoms with van der Waals surface area (Å²) in [6, 6.07) is 1.20. The number of nitrogens with zero attached hydrogens (tertiary/aromatic N) is 2. The lowest BCUT2D eigenvalue weighted by molar-refractivity contribution is -0.122. The summed E-state index contributed by atoms with van der Waals surface area (Å²) in [6.07, 6.45) is 4.18. The van der Waals surface area contributed by atoms with Gasteiger partial charge in [-0.25, -0.2) is 9.78 Å². The van der Waals surface area contributed by atoms with Crippen LogP contribution in [0.5, 0.6) is 0 Å². The predicted octanol–water partition coefficient (Wildman–Crippen LogP) is 0.555. The molecule has 1 aromatic rings. The number of nitrogens with one attached hydrogen (secondary N) is 1. The van der Waals surface area contributed by atoms with E-state index >= 15 is 0 Å². The molecular weight excluding hydrogens is 272 g/mol. The third-order valence-electron chi connectivity index (χ3n) is 3.70. The van der Waals surface area contributed by atoms with Gasteiger partial charge in [-0.15, -0.1) is 0 Å². The van der Waals surface area contributed by atoms with Crippen LogP contribution in [-0.2, 0) is 9.53 Å². The lowest BCUT2D eigenvalue weighted by Crippen LogP contribution is -2.49. The lowest BCUT2D eigenvalue weighted by atomic mass is 10.0. The number of pyridine rings is 1. The molecule has 114 valence electrons.